The SMILES string of the molecule is CCN(C)N=C(c1ccccc1)c1ccccc1. The Kier molecular flexibility index (Phi) is 4.13. The van der Waals surface area contributed by atoms with Crippen LogP contribution in [0.1, 0.15) is 18.1 Å². The Morgan fingerprint density at radius 3 is 1.72 bits per heavy atom. The minimum Gasteiger partial charge on any atom is -0.300 e. The fourth-order valence-electron chi connectivity index (χ4n) is 1.72. The van der Waals surface area contributed by atoms with Gasteiger partial charge in [-0.1, -0.05) is 60.7 Å². The highest BCUT2D eigenvalue weighted by molar-refractivity contribution is 6.12. The fourth-order valence-corrected chi connectivity index (χ4v) is 1.72. The molecule has 2 aromatic carbocycles. The van der Waals surface area contributed by atoms with Crippen molar-refractivity contribution in [3.05, 3.63) is 71.8 Å². The molecule has 0 saturated heterocycles. The van der Waals surface area contributed by atoms with Crippen molar-refractivity contribution in [2.24, 2.45) is 5.10 Å². The van der Waals surface area contributed by atoms with E-state index in [2.05, 4.69) is 36.3 Å². The number of nitrogens with zero attached hydrogens (tertiary/aromatic N) is 2. The molecule has 0 heterocycles. The van der Waals surface area contributed by atoms with E-state index in [9.17, 15) is 0 Å². The Balaban J connectivity index is 2.45. The molecule has 0 spiro atoms. The van der Waals surface area contributed by atoms with E-state index in [1.807, 2.05) is 48.5 Å². The minimum absolute atomic E-state index is 0.892. The van der Waals surface area contributed by atoms with Crippen molar-refractivity contribution >= 4 is 5.71 Å². The van der Waals surface area contributed by atoms with Crippen molar-refractivity contribution in [2.45, 2.75) is 6.92 Å². The van der Waals surface area contributed by atoms with E-state index in [-0.39, 0.29) is 0 Å². The van der Waals surface area contributed by atoms with Crippen LogP contribution in [0.3, 0.4) is 0 Å². The van der Waals surface area contributed by atoms with Crippen LogP contribution in [0.15, 0.2) is 65.8 Å². The van der Waals surface area contributed by atoms with Gasteiger partial charge >= 0.3 is 0 Å². The number of hydrogen-bond acceptors (Lipinski definition) is 2. The van der Waals surface area contributed by atoms with Crippen LogP contribution in [0.4, 0.5) is 0 Å². The maximum Gasteiger partial charge on any atom is 0.0976 e. The Morgan fingerprint density at radius 2 is 1.33 bits per heavy atom. The predicted molar refractivity (Wildman–Crippen MR) is 76.8 cm³/mol. The van der Waals surface area contributed by atoms with Gasteiger partial charge in [-0.15, -0.1) is 0 Å². The topological polar surface area (TPSA) is 15.6 Å². The smallest absolute Gasteiger partial charge is 0.0976 e. The zero-order valence-corrected chi connectivity index (χ0v) is 10.9. The molecular formula is C16H18N2. The molecule has 2 aromatic rings. The van der Waals surface area contributed by atoms with Crippen LogP contribution >= 0.6 is 0 Å². The summed E-state index contributed by atoms with van der Waals surface area (Å²) in [5.41, 5.74) is 3.30. The normalized spacial score (nSPS) is 9.89. The Hall–Kier alpha value is -2.09. The Morgan fingerprint density at radius 1 is 0.889 bits per heavy atom. The van der Waals surface area contributed by atoms with E-state index in [1.165, 1.54) is 0 Å². The zero-order chi connectivity index (χ0) is 12.8. The monoisotopic (exact) mass is 238 g/mol. The highest BCUT2D eigenvalue weighted by Crippen LogP contribution is 2.11. The van der Waals surface area contributed by atoms with Crippen LogP contribution in [0.5, 0.6) is 0 Å². The molecule has 0 bridgehead atoms. The molecule has 0 amide bonds. The highest BCUT2D eigenvalue weighted by Gasteiger charge is 2.06. The van der Waals surface area contributed by atoms with Gasteiger partial charge in [0.15, 0.2) is 0 Å². The van der Waals surface area contributed by atoms with Crippen molar-refractivity contribution in [1.82, 2.24) is 5.01 Å². The summed E-state index contributed by atoms with van der Waals surface area (Å²) in [5.74, 6) is 0. The molecule has 2 rings (SSSR count). The van der Waals surface area contributed by atoms with Crippen molar-refractivity contribution in [3.63, 3.8) is 0 Å². The molecule has 0 fully saturated rings. The van der Waals surface area contributed by atoms with Gasteiger partial charge in [0.25, 0.3) is 0 Å². The van der Waals surface area contributed by atoms with Crippen LogP contribution < -0.4 is 0 Å². The first-order valence-electron chi connectivity index (χ1n) is 6.22. The third-order valence-corrected chi connectivity index (χ3v) is 2.82. The van der Waals surface area contributed by atoms with Gasteiger partial charge in [-0.2, -0.15) is 5.10 Å². The second kappa shape index (κ2) is 6.01. The molecule has 2 heteroatoms. The van der Waals surface area contributed by atoms with Crippen LogP contribution in [0, 0.1) is 0 Å². The van der Waals surface area contributed by atoms with E-state index < -0.39 is 0 Å². The van der Waals surface area contributed by atoms with Crippen molar-refractivity contribution in [3.8, 4) is 0 Å². The summed E-state index contributed by atoms with van der Waals surface area (Å²) in [5, 5.41) is 6.64. The lowest BCUT2D eigenvalue weighted by atomic mass is 10.0. The van der Waals surface area contributed by atoms with Crippen molar-refractivity contribution < 1.29 is 0 Å². The van der Waals surface area contributed by atoms with Gasteiger partial charge in [0.2, 0.25) is 0 Å². The standard InChI is InChI=1S/C16H18N2/c1-3-18(2)17-16(14-10-6-4-7-11-14)15-12-8-5-9-13-15/h4-13H,3H2,1-2H3. The molecule has 92 valence electrons. The molecule has 0 radical (unpaired) electrons. The van der Waals surface area contributed by atoms with Gasteiger partial charge in [0, 0.05) is 24.7 Å². The van der Waals surface area contributed by atoms with Crippen LogP contribution in [-0.2, 0) is 0 Å². The van der Waals surface area contributed by atoms with E-state index >= 15 is 0 Å². The molecule has 18 heavy (non-hydrogen) atoms. The van der Waals surface area contributed by atoms with Gasteiger partial charge in [0.1, 0.15) is 0 Å². The van der Waals surface area contributed by atoms with Gasteiger partial charge in [0.05, 0.1) is 5.71 Å². The lowest BCUT2D eigenvalue weighted by molar-refractivity contribution is 0.376. The van der Waals surface area contributed by atoms with Gasteiger partial charge in [-0.05, 0) is 6.92 Å². The van der Waals surface area contributed by atoms with Crippen LogP contribution in [-0.4, -0.2) is 24.3 Å². The van der Waals surface area contributed by atoms with Gasteiger partial charge in [-0.25, -0.2) is 0 Å². The first-order valence-corrected chi connectivity index (χ1v) is 6.22. The first kappa shape index (κ1) is 12.4. The average Bonchev–Trinajstić information content (AvgIpc) is 2.46. The van der Waals surface area contributed by atoms with Crippen LogP contribution in [0.25, 0.3) is 0 Å². The highest BCUT2D eigenvalue weighted by atomic mass is 15.4. The molecule has 0 saturated carbocycles. The fraction of sp³-hybridized carbons (Fsp3) is 0.188. The van der Waals surface area contributed by atoms with E-state index in [1.54, 1.807) is 0 Å². The van der Waals surface area contributed by atoms with E-state index in [0.717, 1.165) is 23.4 Å². The third-order valence-electron chi connectivity index (χ3n) is 2.82. The largest absolute Gasteiger partial charge is 0.300 e. The maximum absolute atomic E-state index is 4.69. The minimum atomic E-state index is 0.892. The average molecular weight is 238 g/mol. The van der Waals surface area contributed by atoms with Gasteiger partial charge < -0.3 is 0 Å². The summed E-state index contributed by atoms with van der Waals surface area (Å²) < 4.78 is 0. The molecule has 0 unspecified atom stereocenters. The molecular weight excluding hydrogens is 220 g/mol. The number of rotatable bonds is 4. The number of hydrazone groups is 1. The predicted octanol–water partition coefficient (Wildman–Crippen LogP) is 3.39. The van der Waals surface area contributed by atoms with E-state index in [0.29, 0.717) is 0 Å². The molecule has 0 aliphatic heterocycles. The molecule has 2 nitrogen and oxygen atoms in total. The number of benzene rings is 2. The summed E-state index contributed by atoms with van der Waals surface area (Å²) in [6.45, 7) is 2.99. The zero-order valence-electron chi connectivity index (χ0n) is 10.9. The summed E-state index contributed by atoms with van der Waals surface area (Å²) in [4.78, 5) is 0. The van der Waals surface area contributed by atoms with E-state index in [4.69, 9.17) is 0 Å². The second-order valence-electron chi connectivity index (χ2n) is 4.15. The first-order chi connectivity index (χ1) is 8.81. The van der Waals surface area contributed by atoms with Crippen molar-refractivity contribution in [2.75, 3.05) is 13.6 Å². The lowest BCUT2D eigenvalue weighted by Gasteiger charge is -2.14. The molecule has 0 aliphatic carbocycles. The quantitative estimate of drug-likeness (QED) is 0.589. The summed E-state index contributed by atoms with van der Waals surface area (Å²) in [6, 6.07) is 20.6. The molecule has 0 N–H and O–H groups in total. The third kappa shape index (κ3) is 2.98. The molecule has 0 atom stereocenters. The second-order valence-corrected chi connectivity index (χ2v) is 4.15. The molecule has 0 aliphatic rings. The van der Waals surface area contributed by atoms with Gasteiger partial charge in [-0.3, -0.25) is 5.01 Å². The summed E-state index contributed by atoms with van der Waals surface area (Å²) in [7, 11) is 1.99. The summed E-state index contributed by atoms with van der Waals surface area (Å²) >= 11 is 0. The van der Waals surface area contributed by atoms with Crippen molar-refractivity contribution in [1.29, 1.82) is 0 Å². The lowest BCUT2D eigenvalue weighted by Crippen LogP contribution is -2.15. The maximum atomic E-state index is 4.69. The number of hydrogen-bond donors (Lipinski definition) is 0. The Bertz CT molecular complexity index is 462. The summed E-state index contributed by atoms with van der Waals surface area (Å²) in [6.07, 6.45) is 0. The molecule has 0 aromatic heterocycles. The Labute approximate surface area is 109 Å². The van der Waals surface area contributed by atoms with Crippen LogP contribution in [0.2, 0.25) is 0 Å².